The monoisotopic (exact) mass is 424 g/mol. The summed E-state index contributed by atoms with van der Waals surface area (Å²) in [5.74, 6) is -0.0980. The lowest BCUT2D eigenvalue weighted by Crippen LogP contribution is -2.62. The van der Waals surface area contributed by atoms with Crippen molar-refractivity contribution >= 4 is 33.0 Å². The topological polar surface area (TPSA) is 74.8 Å². The third-order valence-corrected chi connectivity index (χ3v) is 10.1. The molecule has 1 atom stereocenters. The van der Waals surface area contributed by atoms with E-state index in [-0.39, 0.29) is 24.1 Å². The molecule has 8 heteroatoms. The highest BCUT2D eigenvalue weighted by Gasteiger charge is 2.50. The third kappa shape index (κ3) is 3.49. The Labute approximate surface area is 170 Å². The number of piperidine rings is 1. The minimum atomic E-state index is -3.18. The van der Waals surface area contributed by atoms with Gasteiger partial charge in [-0.1, -0.05) is 25.3 Å². The summed E-state index contributed by atoms with van der Waals surface area (Å²) in [7, 11) is -3.18. The van der Waals surface area contributed by atoms with Crippen molar-refractivity contribution in [1.82, 2.24) is 9.80 Å². The second kappa shape index (κ2) is 7.78. The van der Waals surface area contributed by atoms with Crippen LogP contribution in [0.2, 0.25) is 0 Å². The number of likely N-dealkylation sites (tertiary alicyclic amines) is 1. The number of rotatable bonds is 2. The van der Waals surface area contributed by atoms with Crippen molar-refractivity contribution in [3.05, 3.63) is 22.4 Å². The zero-order valence-corrected chi connectivity index (χ0v) is 17.8. The Kier molecular flexibility index (Phi) is 5.53. The van der Waals surface area contributed by atoms with E-state index in [0.29, 0.717) is 37.2 Å². The Morgan fingerprint density at radius 3 is 2.57 bits per heavy atom. The molecule has 28 heavy (non-hydrogen) atoms. The van der Waals surface area contributed by atoms with Gasteiger partial charge in [0, 0.05) is 19.6 Å². The quantitative estimate of drug-likeness (QED) is 0.732. The molecule has 0 N–H and O–H groups in total. The van der Waals surface area contributed by atoms with Gasteiger partial charge in [-0.25, -0.2) is 8.42 Å². The van der Waals surface area contributed by atoms with E-state index < -0.39 is 20.6 Å². The molecule has 1 unspecified atom stereocenters. The Morgan fingerprint density at radius 1 is 1.07 bits per heavy atom. The molecule has 3 heterocycles. The SMILES string of the molecule is O=C(C1CCCCN1C(=O)c1cccs1)N1CCS(=O)(=O)C2(CCCCC2)C1. The van der Waals surface area contributed by atoms with Gasteiger partial charge < -0.3 is 9.80 Å². The number of amides is 2. The number of hydrogen-bond acceptors (Lipinski definition) is 5. The summed E-state index contributed by atoms with van der Waals surface area (Å²) in [5.41, 5.74) is 0. The number of sulfone groups is 1. The fraction of sp³-hybridized carbons (Fsp3) is 0.700. The van der Waals surface area contributed by atoms with Gasteiger partial charge in [0.25, 0.3) is 5.91 Å². The van der Waals surface area contributed by atoms with Crippen molar-refractivity contribution in [2.45, 2.75) is 62.2 Å². The molecule has 4 rings (SSSR count). The second-order valence-electron chi connectivity index (χ2n) is 8.31. The molecule has 0 aromatic carbocycles. The van der Waals surface area contributed by atoms with E-state index in [1.165, 1.54) is 11.3 Å². The molecular weight excluding hydrogens is 396 g/mol. The fourth-order valence-corrected chi connectivity index (χ4v) is 7.85. The molecule has 1 spiro atoms. The molecule has 2 aliphatic heterocycles. The molecule has 3 aliphatic rings. The van der Waals surface area contributed by atoms with Crippen molar-refractivity contribution in [2.75, 3.05) is 25.4 Å². The Morgan fingerprint density at radius 2 is 1.86 bits per heavy atom. The van der Waals surface area contributed by atoms with Crippen molar-refractivity contribution in [3.63, 3.8) is 0 Å². The van der Waals surface area contributed by atoms with Gasteiger partial charge >= 0.3 is 0 Å². The molecule has 1 saturated carbocycles. The van der Waals surface area contributed by atoms with Crippen LogP contribution in [0, 0.1) is 0 Å². The lowest BCUT2D eigenvalue weighted by Gasteiger charge is -2.46. The van der Waals surface area contributed by atoms with Crippen LogP contribution >= 0.6 is 11.3 Å². The summed E-state index contributed by atoms with van der Waals surface area (Å²) in [6.07, 6.45) is 6.68. The van der Waals surface area contributed by atoms with Gasteiger partial charge in [0.05, 0.1) is 15.4 Å². The molecule has 0 bridgehead atoms. The Balaban J connectivity index is 1.54. The van der Waals surface area contributed by atoms with Crippen molar-refractivity contribution in [3.8, 4) is 0 Å². The molecule has 2 saturated heterocycles. The van der Waals surface area contributed by atoms with Gasteiger partial charge in [-0.3, -0.25) is 9.59 Å². The van der Waals surface area contributed by atoms with Gasteiger partial charge in [-0.15, -0.1) is 11.3 Å². The van der Waals surface area contributed by atoms with E-state index in [9.17, 15) is 18.0 Å². The minimum Gasteiger partial charge on any atom is -0.338 e. The van der Waals surface area contributed by atoms with E-state index in [0.717, 1.165) is 32.1 Å². The van der Waals surface area contributed by atoms with Crippen LogP contribution in [-0.4, -0.2) is 66.2 Å². The van der Waals surface area contributed by atoms with Crippen LogP contribution in [0.3, 0.4) is 0 Å². The average molecular weight is 425 g/mol. The number of thiophene rings is 1. The summed E-state index contributed by atoms with van der Waals surface area (Å²) < 4.78 is 24.9. The minimum absolute atomic E-state index is 0.0460. The number of carbonyl (C=O) groups excluding carboxylic acids is 2. The smallest absolute Gasteiger partial charge is 0.264 e. The van der Waals surface area contributed by atoms with Crippen LogP contribution < -0.4 is 0 Å². The number of nitrogens with zero attached hydrogens (tertiary/aromatic N) is 2. The molecule has 3 fully saturated rings. The first-order chi connectivity index (χ1) is 13.4. The summed E-state index contributed by atoms with van der Waals surface area (Å²) >= 11 is 1.40. The predicted octanol–water partition coefficient (Wildman–Crippen LogP) is 2.70. The maximum absolute atomic E-state index is 13.4. The predicted molar refractivity (Wildman–Crippen MR) is 109 cm³/mol. The summed E-state index contributed by atoms with van der Waals surface area (Å²) in [6.45, 7) is 1.14. The lowest BCUT2D eigenvalue weighted by molar-refractivity contribution is -0.137. The first-order valence-corrected chi connectivity index (χ1v) is 12.8. The van der Waals surface area contributed by atoms with Crippen LogP contribution in [0.4, 0.5) is 0 Å². The van der Waals surface area contributed by atoms with Gasteiger partial charge in [-0.05, 0) is 43.6 Å². The molecule has 154 valence electrons. The molecule has 0 radical (unpaired) electrons. The highest BCUT2D eigenvalue weighted by atomic mass is 32.2. The maximum atomic E-state index is 13.4. The summed E-state index contributed by atoms with van der Waals surface area (Å²) in [4.78, 5) is 30.5. The maximum Gasteiger partial charge on any atom is 0.264 e. The van der Waals surface area contributed by atoms with Crippen LogP contribution in [0.25, 0.3) is 0 Å². The first kappa shape index (κ1) is 19.9. The van der Waals surface area contributed by atoms with Crippen LogP contribution in [0.5, 0.6) is 0 Å². The zero-order chi connectivity index (χ0) is 19.8. The molecule has 1 aliphatic carbocycles. The van der Waals surface area contributed by atoms with Gasteiger partial charge in [0.1, 0.15) is 6.04 Å². The normalized spacial score (nSPS) is 26.9. The first-order valence-electron chi connectivity index (χ1n) is 10.3. The summed E-state index contributed by atoms with van der Waals surface area (Å²) in [5, 5.41) is 1.87. The third-order valence-electron chi connectivity index (χ3n) is 6.63. The second-order valence-corrected chi connectivity index (χ2v) is 11.8. The highest BCUT2D eigenvalue weighted by Crippen LogP contribution is 2.39. The van der Waals surface area contributed by atoms with Gasteiger partial charge in [0.2, 0.25) is 5.91 Å². The Hall–Kier alpha value is -1.41. The fourth-order valence-electron chi connectivity index (χ4n) is 5.01. The molecule has 1 aromatic heterocycles. The highest BCUT2D eigenvalue weighted by molar-refractivity contribution is 7.92. The number of hydrogen-bond donors (Lipinski definition) is 0. The van der Waals surface area contributed by atoms with Gasteiger partial charge in [-0.2, -0.15) is 0 Å². The van der Waals surface area contributed by atoms with E-state index >= 15 is 0 Å². The molecule has 2 amide bonds. The molecule has 1 aromatic rings. The van der Waals surface area contributed by atoms with Crippen LogP contribution in [0.15, 0.2) is 17.5 Å². The summed E-state index contributed by atoms with van der Waals surface area (Å²) in [6, 6.07) is 3.18. The Bertz CT molecular complexity index is 828. The zero-order valence-electron chi connectivity index (χ0n) is 16.1. The van der Waals surface area contributed by atoms with Crippen molar-refractivity contribution in [1.29, 1.82) is 0 Å². The molecular formula is C20H28N2O4S2. The standard InChI is InChI=1S/C20H28N2O4S2/c23-18(16-7-2-5-11-22(16)19(24)17-8-6-13-27-17)21-12-14-28(25,26)20(15-21)9-3-1-4-10-20/h6,8,13,16H,1-5,7,9-12,14-15H2. The van der Waals surface area contributed by atoms with E-state index in [2.05, 4.69) is 0 Å². The van der Waals surface area contributed by atoms with Crippen molar-refractivity contribution < 1.29 is 18.0 Å². The van der Waals surface area contributed by atoms with E-state index in [1.807, 2.05) is 11.4 Å². The molecule has 6 nitrogen and oxygen atoms in total. The van der Waals surface area contributed by atoms with E-state index in [4.69, 9.17) is 0 Å². The van der Waals surface area contributed by atoms with E-state index in [1.54, 1.807) is 15.9 Å². The van der Waals surface area contributed by atoms with Gasteiger partial charge in [0.15, 0.2) is 9.84 Å². The van der Waals surface area contributed by atoms with Crippen molar-refractivity contribution in [2.24, 2.45) is 0 Å². The lowest BCUT2D eigenvalue weighted by atomic mass is 9.87. The van der Waals surface area contributed by atoms with Crippen LogP contribution in [-0.2, 0) is 14.6 Å². The number of carbonyl (C=O) groups is 2. The largest absolute Gasteiger partial charge is 0.338 e. The van der Waals surface area contributed by atoms with Crippen LogP contribution in [0.1, 0.15) is 61.0 Å². The average Bonchev–Trinajstić information content (AvgIpc) is 3.25.